The first-order valence-electron chi connectivity index (χ1n) is 3.41. The van der Waals surface area contributed by atoms with E-state index in [0.29, 0.717) is 0 Å². The summed E-state index contributed by atoms with van der Waals surface area (Å²) in [4.78, 5) is 10.9. The number of carbonyl (C=O) groups excluding carboxylic acids is 1. The van der Waals surface area contributed by atoms with Crippen molar-refractivity contribution in [2.45, 2.75) is 25.6 Å². The van der Waals surface area contributed by atoms with Crippen molar-refractivity contribution in [3.63, 3.8) is 0 Å². The zero-order chi connectivity index (χ0) is 9.35. The molecule has 0 spiro atoms. The van der Waals surface area contributed by atoms with E-state index in [0.717, 1.165) is 0 Å². The fourth-order valence-electron chi connectivity index (χ4n) is 0.903. The van der Waals surface area contributed by atoms with Gasteiger partial charge in [-0.1, -0.05) is 6.92 Å². The highest BCUT2D eigenvalue weighted by Crippen LogP contribution is 2.29. The van der Waals surface area contributed by atoms with E-state index in [-0.39, 0.29) is 6.42 Å². The predicted molar refractivity (Wildman–Crippen MR) is 34.0 cm³/mol. The number of hydrogen-bond donors (Lipinski definition) is 0. The van der Waals surface area contributed by atoms with Gasteiger partial charge in [0.25, 0.3) is 0 Å². The first-order valence-corrected chi connectivity index (χ1v) is 3.41. The van der Waals surface area contributed by atoms with Gasteiger partial charge in [0.05, 0.1) is 0 Å². The molecule has 12 heavy (non-hydrogen) atoms. The summed E-state index contributed by atoms with van der Waals surface area (Å²) in [6.07, 6.45) is -2.61. The fourth-order valence-corrected chi connectivity index (χ4v) is 0.903. The predicted octanol–water partition coefficient (Wildman–Crippen LogP) is 1.20. The number of Topliss-reactive ketones (excluding diaryl/α,β-unsaturated/α-hetero) is 1. The van der Waals surface area contributed by atoms with Crippen LogP contribution >= 0.6 is 0 Å². The number of hydrogen-bond acceptors (Lipinski definition) is 1. The summed E-state index contributed by atoms with van der Waals surface area (Å²) >= 11 is 0. The molecule has 1 rings (SSSR count). The fraction of sp³-hybridized carbons (Fsp3) is 0.571. The maximum absolute atomic E-state index is 11.9. The van der Waals surface area contributed by atoms with E-state index in [1.54, 1.807) is 13.1 Å². The molecule has 1 unspecified atom stereocenters. The van der Waals surface area contributed by atoms with E-state index >= 15 is 0 Å². The van der Waals surface area contributed by atoms with Crippen LogP contribution in [0, 0.1) is 6.20 Å². The summed E-state index contributed by atoms with van der Waals surface area (Å²) in [5.74, 6) is -0.968. The third-order valence-electron chi connectivity index (χ3n) is 1.55. The molecule has 1 atom stereocenters. The van der Waals surface area contributed by atoms with Gasteiger partial charge in [0.1, 0.15) is 17.8 Å². The molecule has 1 heterocycles. The van der Waals surface area contributed by atoms with Crippen molar-refractivity contribution < 1.29 is 18.0 Å². The molecule has 0 saturated heterocycles. The van der Waals surface area contributed by atoms with Crippen molar-refractivity contribution in [2.75, 3.05) is 0 Å². The van der Waals surface area contributed by atoms with Gasteiger partial charge in [0.2, 0.25) is 0 Å². The van der Waals surface area contributed by atoms with Crippen LogP contribution in [0.4, 0.5) is 13.2 Å². The summed E-state index contributed by atoms with van der Waals surface area (Å²) in [6, 6.07) is -0.873. The average molecular weight is 177 g/mol. The second kappa shape index (κ2) is 2.80. The number of carbonyl (C=O) groups is 1. The largest absolute Gasteiger partial charge is 0.422 e. The highest BCUT2D eigenvalue weighted by molar-refractivity contribution is 6.01. The van der Waals surface area contributed by atoms with Crippen molar-refractivity contribution in [1.82, 2.24) is 5.32 Å². The van der Waals surface area contributed by atoms with Crippen LogP contribution in [0.3, 0.4) is 0 Å². The first kappa shape index (κ1) is 9.09. The van der Waals surface area contributed by atoms with E-state index in [9.17, 15) is 18.0 Å². The van der Waals surface area contributed by atoms with E-state index in [1.165, 1.54) is 0 Å². The van der Waals surface area contributed by atoms with Crippen LogP contribution in [0.1, 0.15) is 13.3 Å². The van der Waals surface area contributed by atoms with E-state index in [1.807, 2.05) is 0 Å². The third kappa shape index (κ3) is 1.44. The molecule has 0 saturated carbocycles. The first-order chi connectivity index (χ1) is 5.46. The van der Waals surface area contributed by atoms with Crippen molar-refractivity contribution in [2.24, 2.45) is 0 Å². The maximum Gasteiger partial charge on any atom is 0.422 e. The number of rotatable bonds is 1. The highest BCUT2D eigenvalue weighted by Gasteiger charge is 2.44. The summed E-state index contributed by atoms with van der Waals surface area (Å²) in [5.41, 5.74) is -1.26. The lowest BCUT2D eigenvalue weighted by molar-refractivity contribution is -0.128. The molecule has 0 aliphatic carbocycles. The maximum atomic E-state index is 11.9. The lowest BCUT2D eigenvalue weighted by atomic mass is 10.1. The highest BCUT2D eigenvalue weighted by atomic mass is 19.4. The molecule has 0 fully saturated rings. The molecular weight excluding hydrogens is 171 g/mol. The molecule has 2 radical (unpaired) electrons. The molecule has 0 bridgehead atoms. The Morgan fingerprint density at radius 3 is 2.42 bits per heavy atom. The van der Waals surface area contributed by atoms with Crippen LogP contribution in [-0.4, -0.2) is 18.0 Å². The van der Waals surface area contributed by atoms with Gasteiger partial charge in [-0.3, -0.25) is 10.1 Å². The molecule has 0 amide bonds. The van der Waals surface area contributed by atoms with Crippen LogP contribution in [0.25, 0.3) is 0 Å². The van der Waals surface area contributed by atoms with Gasteiger partial charge in [0.15, 0.2) is 5.78 Å². The Morgan fingerprint density at radius 2 is 2.17 bits per heavy atom. The quantitative estimate of drug-likeness (QED) is 0.592. The number of alkyl halides is 3. The van der Waals surface area contributed by atoms with Crippen LogP contribution in [-0.2, 0) is 4.79 Å². The minimum Gasteiger partial charge on any atom is -0.292 e. The molecule has 0 N–H and O–H groups in total. The van der Waals surface area contributed by atoms with Crippen LogP contribution in [0.2, 0.25) is 0 Å². The molecule has 1 aliphatic rings. The standard InChI is InChI=1S/C7H6F3NO/c1-2-5-6(12)4(3-11-5)7(8,9)10/h5H,2H2,1H3. The Kier molecular flexibility index (Phi) is 2.12. The lowest BCUT2D eigenvalue weighted by Gasteiger charge is -2.06. The lowest BCUT2D eigenvalue weighted by Crippen LogP contribution is -2.26. The Bertz CT molecular complexity index is 231. The van der Waals surface area contributed by atoms with Gasteiger partial charge >= 0.3 is 6.18 Å². The van der Waals surface area contributed by atoms with Crippen molar-refractivity contribution >= 4 is 5.78 Å². The SMILES string of the molecule is CCC1[N][C]=C(C(F)(F)F)C1=O. The molecule has 2 nitrogen and oxygen atoms in total. The average Bonchev–Trinajstić information content (AvgIpc) is 2.29. The Balaban J connectivity index is 2.79. The van der Waals surface area contributed by atoms with Gasteiger partial charge in [0, 0.05) is 0 Å². The second-order valence-corrected chi connectivity index (χ2v) is 2.40. The second-order valence-electron chi connectivity index (χ2n) is 2.40. The topological polar surface area (TPSA) is 31.2 Å². The third-order valence-corrected chi connectivity index (χ3v) is 1.55. The molecule has 1 aliphatic heterocycles. The molecular formula is C7H6F3NO. The number of ketones is 1. The molecule has 66 valence electrons. The zero-order valence-corrected chi connectivity index (χ0v) is 6.27. The minimum absolute atomic E-state index is 0.283. The van der Waals surface area contributed by atoms with Crippen LogP contribution < -0.4 is 5.32 Å². The van der Waals surface area contributed by atoms with Crippen molar-refractivity contribution in [1.29, 1.82) is 0 Å². The van der Waals surface area contributed by atoms with Crippen LogP contribution in [0.15, 0.2) is 5.57 Å². The number of halogens is 3. The molecule has 0 aromatic rings. The summed E-state index contributed by atoms with van der Waals surface area (Å²) in [6.45, 7) is 1.60. The monoisotopic (exact) mass is 177 g/mol. The van der Waals surface area contributed by atoms with Crippen LogP contribution in [0.5, 0.6) is 0 Å². The van der Waals surface area contributed by atoms with Crippen molar-refractivity contribution in [3.8, 4) is 0 Å². The van der Waals surface area contributed by atoms with Gasteiger partial charge in [-0.2, -0.15) is 13.2 Å². The normalized spacial score (nSPS) is 23.8. The van der Waals surface area contributed by atoms with Gasteiger partial charge in [-0.25, -0.2) is 0 Å². The molecule has 0 aromatic heterocycles. The zero-order valence-electron chi connectivity index (χ0n) is 6.27. The van der Waals surface area contributed by atoms with E-state index < -0.39 is 23.6 Å². The van der Waals surface area contributed by atoms with Gasteiger partial charge in [-0.15, -0.1) is 0 Å². The van der Waals surface area contributed by atoms with E-state index in [4.69, 9.17) is 0 Å². The Hall–Kier alpha value is -1.00. The number of nitrogens with zero attached hydrogens (tertiary/aromatic N) is 1. The molecule has 5 heteroatoms. The molecule has 0 aromatic carbocycles. The smallest absolute Gasteiger partial charge is 0.292 e. The summed E-state index contributed by atoms with van der Waals surface area (Å²) < 4.78 is 35.8. The summed E-state index contributed by atoms with van der Waals surface area (Å²) in [5, 5.41) is 3.33. The minimum atomic E-state index is -4.61. The van der Waals surface area contributed by atoms with Gasteiger partial charge in [-0.05, 0) is 6.42 Å². The van der Waals surface area contributed by atoms with E-state index in [2.05, 4.69) is 5.32 Å². The summed E-state index contributed by atoms with van der Waals surface area (Å²) in [7, 11) is 0. The Morgan fingerprint density at radius 1 is 1.58 bits per heavy atom. The van der Waals surface area contributed by atoms with Gasteiger partial charge < -0.3 is 0 Å². The Labute approximate surface area is 67.4 Å². The van der Waals surface area contributed by atoms with Crippen molar-refractivity contribution in [3.05, 3.63) is 11.8 Å².